The quantitative estimate of drug-likeness (QED) is 0.289. The second-order valence-electron chi connectivity index (χ2n) is 4.70. The largest absolute Gasteiger partial charge is 1.00 e. The Morgan fingerprint density at radius 2 is 1.83 bits per heavy atom. The van der Waals surface area contributed by atoms with Crippen molar-refractivity contribution >= 4 is 10.1 Å². The van der Waals surface area contributed by atoms with Gasteiger partial charge in [0.15, 0.2) is 0 Å². The SMILES string of the molecule is CC(C)CCCCCOCC(O)CS(=O)(=O)[O-].[Na+]. The average Bonchev–Trinajstić information content (AvgIpc) is 2.12. The van der Waals surface area contributed by atoms with Gasteiger partial charge in [0.1, 0.15) is 0 Å². The molecule has 0 saturated heterocycles. The van der Waals surface area contributed by atoms with Crippen LogP contribution in [0.4, 0.5) is 0 Å². The smallest absolute Gasteiger partial charge is 0.748 e. The monoisotopic (exact) mass is 290 g/mol. The van der Waals surface area contributed by atoms with E-state index in [0.29, 0.717) is 12.5 Å². The predicted octanol–water partition coefficient (Wildman–Crippen LogP) is -1.87. The maximum absolute atomic E-state index is 10.3. The molecule has 0 spiro atoms. The Hall–Kier alpha value is 0.830. The molecule has 0 aliphatic heterocycles. The first kappa shape index (κ1) is 21.1. The van der Waals surface area contributed by atoms with Gasteiger partial charge in [-0.05, 0) is 12.3 Å². The normalized spacial score (nSPS) is 13.4. The van der Waals surface area contributed by atoms with E-state index in [-0.39, 0.29) is 36.2 Å². The molecule has 0 aromatic carbocycles. The summed E-state index contributed by atoms with van der Waals surface area (Å²) in [6, 6.07) is 0. The molecule has 0 aromatic heterocycles. The third kappa shape index (κ3) is 16.8. The van der Waals surface area contributed by atoms with Crippen molar-refractivity contribution in [1.82, 2.24) is 0 Å². The Bertz CT molecular complexity index is 279. The summed E-state index contributed by atoms with van der Waals surface area (Å²) in [5.74, 6) is -0.0691. The Balaban J connectivity index is 0. The molecule has 0 aliphatic rings. The summed E-state index contributed by atoms with van der Waals surface area (Å²) >= 11 is 0. The van der Waals surface area contributed by atoms with Crippen LogP contribution < -0.4 is 29.6 Å². The number of aliphatic hydroxyl groups excluding tert-OH is 1. The van der Waals surface area contributed by atoms with E-state index in [1.807, 2.05) is 0 Å². The Morgan fingerprint density at radius 3 is 2.33 bits per heavy atom. The van der Waals surface area contributed by atoms with Gasteiger partial charge < -0.3 is 14.4 Å². The molecular formula is C11H23NaO5S. The van der Waals surface area contributed by atoms with Crippen LogP contribution in [-0.2, 0) is 14.9 Å². The molecule has 0 saturated carbocycles. The van der Waals surface area contributed by atoms with Crippen molar-refractivity contribution in [3.63, 3.8) is 0 Å². The molecular weight excluding hydrogens is 267 g/mol. The second-order valence-corrected chi connectivity index (χ2v) is 6.14. The van der Waals surface area contributed by atoms with Crippen LogP contribution in [0.2, 0.25) is 0 Å². The topological polar surface area (TPSA) is 86.7 Å². The van der Waals surface area contributed by atoms with Crippen molar-refractivity contribution in [2.24, 2.45) is 5.92 Å². The third-order valence-electron chi connectivity index (χ3n) is 2.28. The Labute approximate surface area is 132 Å². The fourth-order valence-electron chi connectivity index (χ4n) is 1.44. The predicted molar refractivity (Wildman–Crippen MR) is 64.7 cm³/mol. The molecule has 0 amide bonds. The molecule has 18 heavy (non-hydrogen) atoms. The van der Waals surface area contributed by atoms with Gasteiger partial charge in [-0.2, -0.15) is 0 Å². The van der Waals surface area contributed by atoms with Crippen LogP contribution in [0.3, 0.4) is 0 Å². The van der Waals surface area contributed by atoms with Crippen LogP contribution >= 0.6 is 0 Å². The zero-order valence-corrected chi connectivity index (χ0v) is 14.4. The van der Waals surface area contributed by atoms with Crippen molar-refractivity contribution in [1.29, 1.82) is 0 Å². The van der Waals surface area contributed by atoms with Crippen LogP contribution in [0.1, 0.15) is 39.5 Å². The van der Waals surface area contributed by atoms with Crippen LogP contribution in [0, 0.1) is 5.92 Å². The van der Waals surface area contributed by atoms with Crippen molar-refractivity contribution in [2.45, 2.75) is 45.6 Å². The molecule has 0 aliphatic carbocycles. The standard InChI is InChI=1S/C11H24O5S.Na/c1-10(2)6-4-3-5-7-16-8-11(12)9-17(13,14)15;/h10-12H,3-9H2,1-2H3,(H,13,14,15);/q;+1/p-1. The summed E-state index contributed by atoms with van der Waals surface area (Å²) in [6.07, 6.45) is 3.08. The number of aliphatic hydroxyl groups is 1. The number of ether oxygens (including phenoxy) is 1. The molecule has 0 bridgehead atoms. The Kier molecular flexibility index (Phi) is 13.7. The van der Waals surface area contributed by atoms with E-state index in [1.165, 1.54) is 6.42 Å². The van der Waals surface area contributed by atoms with Gasteiger partial charge in [-0.25, -0.2) is 8.42 Å². The van der Waals surface area contributed by atoms with E-state index in [1.54, 1.807) is 0 Å². The Morgan fingerprint density at radius 1 is 1.22 bits per heavy atom. The van der Waals surface area contributed by atoms with Crippen LogP contribution in [0.15, 0.2) is 0 Å². The molecule has 1 unspecified atom stereocenters. The summed E-state index contributed by atoms with van der Waals surface area (Å²) < 4.78 is 36.0. The summed E-state index contributed by atoms with van der Waals surface area (Å²) in [7, 11) is -4.36. The molecule has 0 heterocycles. The summed E-state index contributed by atoms with van der Waals surface area (Å²) in [4.78, 5) is 0. The van der Waals surface area contributed by atoms with Crippen LogP contribution in [-0.4, -0.2) is 43.1 Å². The van der Waals surface area contributed by atoms with E-state index in [4.69, 9.17) is 9.84 Å². The van der Waals surface area contributed by atoms with Gasteiger partial charge in [0.25, 0.3) is 0 Å². The van der Waals surface area contributed by atoms with Crippen molar-refractivity contribution < 1.29 is 52.4 Å². The van der Waals surface area contributed by atoms with Gasteiger partial charge in [0.2, 0.25) is 0 Å². The molecule has 0 fully saturated rings. The van der Waals surface area contributed by atoms with E-state index < -0.39 is 22.0 Å². The minimum atomic E-state index is -4.36. The van der Waals surface area contributed by atoms with E-state index >= 15 is 0 Å². The van der Waals surface area contributed by atoms with Gasteiger partial charge in [-0.15, -0.1) is 0 Å². The van der Waals surface area contributed by atoms with E-state index in [9.17, 15) is 13.0 Å². The van der Waals surface area contributed by atoms with Crippen molar-refractivity contribution in [3.8, 4) is 0 Å². The van der Waals surface area contributed by atoms with Crippen LogP contribution in [0.5, 0.6) is 0 Å². The third-order valence-corrected chi connectivity index (χ3v) is 3.07. The molecule has 0 rings (SSSR count). The van der Waals surface area contributed by atoms with Gasteiger partial charge >= 0.3 is 29.6 Å². The molecule has 104 valence electrons. The van der Waals surface area contributed by atoms with Crippen LogP contribution in [0.25, 0.3) is 0 Å². The molecule has 7 heteroatoms. The zero-order chi connectivity index (χ0) is 13.3. The number of rotatable bonds is 10. The van der Waals surface area contributed by atoms with Gasteiger partial charge in [0.05, 0.1) is 28.6 Å². The molecule has 1 N–H and O–H groups in total. The molecule has 1 atom stereocenters. The first-order valence-corrected chi connectivity index (χ1v) is 7.58. The number of hydrogen-bond donors (Lipinski definition) is 1. The fraction of sp³-hybridized carbons (Fsp3) is 1.00. The summed E-state index contributed by atoms with van der Waals surface area (Å²) in [5, 5.41) is 9.16. The maximum atomic E-state index is 10.3. The van der Waals surface area contributed by atoms with Gasteiger partial charge in [0, 0.05) is 6.61 Å². The average molecular weight is 290 g/mol. The molecule has 0 aromatic rings. The van der Waals surface area contributed by atoms with Crippen molar-refractivity contribution in [2.75, 3.05) is 19.0 Å². The van der Waals surface area contributed by atoms with Crippen molar-refractivity contribution in [3.05, 3.63) is 0 Å². The first-order valence-electron chi connectivity index (χ1n) is 6.00. The zero-order valence-electron chi connectivity index (χ0n) is 11.6. The maximum Gasteiger partial charge on any atom is 1.00 e. The number of hydrogen-bond acceptors (Lipinski definition) is 5. The minimum Gasteiger partial charge on any atom is -0.748 e. The van der Waals surface area contributed by atoms with E-state index in [0.717, 1.165) is 19.3 Å². The number of unbranched alkanes of at least 4 members (excludes halogenated alkanes) is 2. The summed E-state index contributed by atoms with van der Waals surface area (Å²) in [5.41, 5.74) is 0. The molecule has 0 radical (unpaired) electrons. The minimum absolute atomic E-state index is 0. The molecule has 5 nitrogen and oxygen atoms in total. The van der Waals surface area contributed by atoms with Gasteiger partial charge in [-0.3, -0.25) is 0 Å². The first-order chi connectivity index (χ1) is 7.81. The fourth-order valence-corrected chi connectivity index (χ4v) is 2.00. The summed E-state index contributed by atoms with van der Waals surface area (Å²) in [6.45, 7) is 4.76. The van der Waals surface area contributed by atoms with Gasteiger partial charge in [-0.1, -0.05) is 33.1 Å². The second kappa shape index (κ2) is 11.6. The van der Waals surface area contributed by atoms with E-state index in [2.05, 4.69) is 13.8 Å².